The molecule has 1 amide bonds. The van der Waals surface area contributed by atoms with E-state index in [4.69, 9.17) is 9.84 Å². The summed E-state index contributed by atoms with van der Waals surface area (Å²) < 4.78 is 5.56. The van der Waals surface area contributed by atoms with Gasteiger partial charge in [-0.1, -0.05) is 15.9 Å². The van der Waals surface area contributed by atoms with Crippen molar-refractivity contribution in [1.82, 2.24) is 4.90 Å². The highest BCUT2D eigenvalue weighted by Crippen LogP contribution is 2.13. The Labute approximate surface area is 92.3 Å². The number of rotatable bonds is 5. The molecule has 4 nitrogen and oxygen atoms in total. The number of halogens is 1. The quantitative estimate of drug-likeness (QED) is 0.611. The molecule has 0 aromatic heterocycles. The van der Waals surface area contributed by atoms with Gasteiger partial charge in [-0.2, -0.15) is 0 Å². The number of hydrogen-bond donors (Lipinski definition) is 1. The molecule has 0 aromatic carbocycles. The lowest BCUT2D eigenvalue weighted by Gasteiger charge is -2.12. The van der Waals surface area contributed by atoms with E-state index in [1.165, 1.54) is 4.90 Å². The molecule has 0 aromatic rings. The van der Waals surface area contributed by atoms with E-state index in [2.05, 4.69) is 15.9 Å². The molecule has 14 heavy (non-hydrogen) atoms. The molecule has 1 atom stereocenters. The summed E-state index contributed by atoms with van der Waals surface area (Å²) in [6.07, 6.45) is 2.25. The molecule has 1 fully saturated rings. The highest BCUT2D eigenvalue weighted by Gasteiger charge is 2.25. The Morgan fingerprint density at radius 2 is 2.36 bits per heavy atom. The molecule has 0 radical (unpaired) electrons. The van der Waals surface area contributed by atoms with Crippen LogP contribution in [0.25, 0.3) is 0 Å². The van der Waals surface area contributed by atoms with Crippen LogP contribution < -0.4 is 0 Å². The third kappa shape index (κ3) is 3.84. The average Bonchev–Trinajstić information content (AvgIpc) is 2.61. The maximum Gasteiger partial charge on any atom is 0.407 e. The van der Waals surface area contributed by atoms with Gasteiger partial charge in [0.1, 0.15) is 0 Å². The Balaban J connectivity index is 2.07. The standard InChI is InChI=1S/C9H16BrNO3/c10-4-1-2-6-14-8-3-5-11(7-8)9(12)13/h8H,1-7H2,(H,12,13)/t8-/m1/s1. The van der Waals surface area contributed by atoms with Crippen molar-refractivity contribution in [3.8, 4) is 0 Å². The number of hydrogen-bond acceptors (Lipinski definition) is 2. The van der Waals surface area contributed by atoms with E-state index < -0.39 is 6.09 Å². The van der Waals surface area contributed by atoms with Gasteiger partial charge in [0.25, 0.3) is 0 Å². The molecule has 5 heteroatoms. The van der Waals surface area contributed by atoms with Gasteiger partial charge in [-0.05, 0) is 19.3 Å². The van der Waals surface area contributed by atoms with E-state index in [1.807, 2.05) is 0 Å². The monoisotopic (exact) mass is 265 g/mol. The number of nitrogens with zero attached hydrogens (tertiary/aromatic N) is 1. The summed E-state index contributed by atoms with van der Waals surface area (Å²) in [5.41, 5.74) is 0. The van der Waals surface area contributed by atoms with Crippen LogP contribution in [-0.4, -0.2) is 47.2 Å². The summed E-state index contributed by atoms with van der Waals surface area (Å²) in [6, 6.07) is 0. The maximum absolute atomic E-state index is 10.6. The third-order valence-electron chi connectivity index (χ3n) is 2.30. The highest BCUT2D eigenvalue weighted by molar-refractivity contribution is 9.09. The van der Waals surface area contributed by atoms with Gasteiger partial charge in [0.15, 0.2) is 0 Å². The van der Waals surface area contributed by atoms with Gasteiger partial charge in [-0.15, -0.1) is 0 Å². The van der Waals surface area contributed by atoms with Crippen LogP contribution in [0.3, 0.4) is 0 Å². The van der Waals surface area contributed by atoms with Crippen molar-refractivity contribution >= 4 is 22.0 Å². The zero-order valence-corrected chi connectivity index (χ0v) is 9.70. The predicted molar refractivity (Wildman–Crippen MR) is 57.0 cm³/mol. The first-order valence-electron chi connectivity index (χ1n) is 4.89. The first-order chi connectivity index (χ1) is 6.74. The molecule has 0 spiro atoms. The molecule has 0 aliphatic carbocycles. The molecule has 1 heterocycles. The minimum absolute atomic E-state index is 0.112. The largest absolute Gasteiger partial charge is 0.465 e. The number of ether oxygens (including phenoxy) is 1. The molecule has 1 N–H and O–H groups in total. The van der Waals surface area contributed by atoms with Crippen LogP contribution in [0.2, 0.25) is 0 Å². The Bertz CT molecular complexity index is 189. The minimum atomic E-state index is -0.837. The fourth-order valence-corrected chi connectivity index (χ4v) is 1.88. The normalized spacial score (nSPS) is 21.5. The number of likely N-dealkylation sites (tertiary alicyclic amines) is 1. The predicted octanol–water partition coefficient (Wildman–Crippen LogP) is 1.93. The Hall–Kier alpha value is -0.290. The molecule has 0 bridgehead atoms. The molecule has 1 saturated heterocycles. The van der Waals surface area contributed by atoms with Crippen molar-refractivity contribution in [2.75, 3.05) is 25.0 Å². The number of carbonyl (C=O) groups is 1. The van der Waals surface area contributed by atoms with Crippen LogP contribution in [0.1, 0.15) is 19.3 Å². The average molecular weight is 266 g/mol. The summed E-state index contributed by atoms with van der Waals surface area (Å²) in [5, 5.41) is 9.71. The van der Waals surface area contributed by atoms with Crippen molar-refractivity contribution in [2.45, 2.75) is 25.4 Å². The van der Waals surface area contributed by atoms with Crippen molar-refractivity contribution in [2.24, 2.45) is 0 Å². The summed E-state index contributed by atoms with van der Waals surface area (Å²) in [5.74, 6) is 0. The zero-order chi connectivity index (χ0) is 10.4. The first kappa shape index (κ1) is 11.8. The molecule has 0 saturated carbocycles. The summed E-state index contributed by atoms with van der Waals surface area (Å²) in [7, 11) is 0. The van der Waals surface area contributed by atoms with E-state index >= 15 is 0 Å². The van der Waals surface area contributed by atoms with Gasteiger partial charge in [-0.25, -0.2) is 4.79 Å². The van der Waals surface area contributed by atoms with Crippen LogP contribution in [0.5, 0.6) is 0 Å². The van der Waals surface area contributed by atoms with Crippen LogP contribution in [0.4, 0.5) is 4.79 Å². The van der Waals surface area contributed by atoms with E-state index in [9.17, 15) is 4.79 Å². The van der Waals surface area contributed by atoms with E-state index in [1.54, 1.807) is 0 Å². The summed E-state index contributed by atoms with van der Waals surface area (Å²) in [4.78, 5) is 12.0. The van der Waals surface area contributed by atoms with Gasteiger partial charge in [-0.3, -0.25) is 0 Å². The van der Waals surface area contributed by atoms with E-state index in [0.717, 1.165) is 31.2 Å². The van der Waals surface area contributed by atoms with Crippen molar-refractivity contribution < 1.29 is 14.6 Å². The van der Waals surface area contributed by atoms with Gasteiger partial charge in [0, 0.05) is 18.5 Å². The number of alkyl halides is 1. The van der Waals surface area contributed by atoms with Gasteiger partial charge < -0.3 is 14.7 Å². The van der Waals surface area contributed by atoms with Crippen LogP contribution in [0.15, 0.2) is 0 Å². The van der Waals surface area contributed by atoms with Crippen molar-refractivity contribution in [3.63, 3.8) is 0 Å². The maximum atomic E-state index is 10.6. The number of amides is 1. The van der Waals surface area contributed by atoms with Gasteiger partial charge in [0.2, 0.25) is 0 Å². The van der Waals surface area contributed by atoms with E-state index in [0.29, 0.717) is 13.1 Å². The fourth-order valence-electron chi connectivity index (χ4n) is 1.48. The Morgan fingerprint density at radius 3 is 2.93 bits per heavy atom. The number of carboxylic acid groups (broad SMARTS) is 1. The highest BCUT2D eigenvalue weighted by atomic mass is 79.9. The zero-order valence-electron chi connectivity index (χ0n) is 8.12. The lowest BCUT2D eigenvalue weighted by Crippen LogP contribution is -2.28. The van der Waals surface area contributed by atoms with Gasteiger partial charge >= 0.3 is 6.09 Å². The third-order valence-corrected chi connectivity index (χ3v) is 2.86. The second kappa shape index (κ2) is 6.24. The Morgan fingerprint density at radius 1 is 1.57 bits per heavy atom. The second-order valence-corrected chi connectivity index (χ2v) is 4.20. The summed E-state index contributed by atoms with van der Waals surface area (Å²) in [6.45, 7) is 1.88. The second-order valence-electron chi connectivity index (χ2n) is 3.41. The van der Waals surface area contributed by atoms with Crippen LogP contribution >= 0.6 is 15.9 Å². The lowest BCUT2D eigenvalue weighted by molar-refractivity contribution is 0.0569. The molecule has 1 aliphatic heterocycles. The van der Waals surface area contributed by atoms with Crippen LogP contribution in [0, 0.1) is 0 Å². The Kier molecular flexibility index (Phi) is 5.25. The molecule has 1 rings (SSSR count). The molecular formula is C9H16BrNO3. The smallest absolute Gasteiger partial charge is 0.407 e. The van der Waals surface area contributed by atoms with Crippen molar-refractivity contribution in [3.05, 3.63) is 0 Å². The van der Waals surface area contributed by atoms with Crippen LogP contribution in [-0.2, 0) is 4.74 Å². The molecule has 0 unspecified atom stereocenters. The minimum Gasteiger partial charge on any atom is -0.465 e. The molecular weight excluding hydrogens is 250 g/mol. The SMILES string of the molecule is O=C(O)N1CC[C@@H](OCCCCBr)C1. The van der Waals surface area contributed by atoms with E-state index in [-0.39, 0.29) is 6.10 Å². The number of unbranched alkanes of at least 4 members (excludes halogenated alkanes) is 1. The van der Waals surface area contributed by atoms with Gasteiger partial charge in [0.05, 0.1) is 12.6 Å². The topological polar surface area (TPSA) is 49.8 Å². The molecule has 1 aliphatic rings. The molecule has 82 valence electrons. The lowest BCUT2D eigenvalue weighted by atomic mass is 10.3. The van der Waals surface area contributed by atoms with Crippen molar-refractivity contribution in [1.29, 1.82) is 0 Å². The first-order valence-corrected chi connectivity index (χ1v) is 6.01. The fraction of sp³-hybridized carbons (Fsp3) is 0.889. The summed E-state index contributed by atoms with van der Waals surface area (Å²) >= 11 is 3.35.